The van der Waals surface area contributed by atoms with E-state index in [1.54, 1.807) is 13.0 Å². The molecule has 2 aromatic rings. The fourth-order valence-electron chi connectivity index (χ4n) is 7.35. The lowest BCUT2D eigenvalue weighted by Crippen LogP contribution is -2.22. The Hall–Kier alpha value is -1.81. The normalized spacial score (nSPS) is 24.3. The van der Waals surface area contributed by atoms with E-state index in [1.807, 2.05) is 12.1 Å². The average Bonchev–Trinajstić information content (AvgIpc) is 2.98. The number of hydrogen-bond acceptors (Lipinski definition) is 1. The van der Waals surface area contributed by atoms with E-state index in [0.29, 0.717) is 11.5 Å². The van der Waals surface area contributed by atoms with Crippen molar-refractivity contribution in [1.82, 2.24) is 0 Å². The van der Waals surface area contributed by atoms with Gasteiger partial charge in [0.15, 0.2) is 0 Å². The lowest BCUT2D eigenvalue weighted by molar-refractivity contribution is -0.273. The van der Waals surface area contributed by atoms with Crippen molar-refractivity contribution in [1.29, 1.82) is 0 Å². The average molecular weight is 571 g/mol. The molecule has 1 unspecified atom stereocenters. The van der Waals surface area contributed by atoms with Gasteiger partial charge in [0.25, 0.3) is 0 Å². The summed E-state index contributed by atoms with van der Waals surface area (Å²) in [6.07, 6.45) is 15.1. The number of rotatable bonds is 14. The molecule has 2 fully saturated rings. The number of unbranched alkanes of at least 4 members (excludes halogenated alkanes) is 4. The molecule has 2 saturated carbocycles. The number of alkyl halides is 2. The first kappa shape index (κ1) is 32.1. The molecule has 1 atom stereocenters. The standard InChI is InChI=1S/C37H53F3O/c1-4-6-8-10-28-12-16-31(17-13-28)32-22-20-30(21-23-32)27(3)41-37(39,40)35-25-24-34(26-36(35)38)33-18-14-29(15-19-33)11-9-7-5-2/h20-29,31,33H,4-19H2,1-3H3. The quantitative estimate of drug-likeness (QED) is 0.205. The van der Waals surface area contributed by atoms with Crippen LogP contribution in [0.4, 0.5) is 13.2 Å². The number of ether oxygens (including phenoxy) is 1. The Labute approximate surface area is 247 Å². The second-order valence-corrected chi connectivity index (χ2v) is 13.1. The first-order chi connectivity index (χ1) is 19.8. The largest absolute Gasteiger partial charge is 0.386 e. The van der Waals surface area contributed by atoms with Crippen LogP contribution in [0.5, 0.6) is 0 Å². The molecule has 4 rings (SSSR count). The van der Waals surface area contributed by atoms with Gasteiger partial charge in [-0.2, -0.15) is 8.78 Å². The highest BCUT2D eigenvalue weighted by Gasteiger charge is 2.38. The molecule has 0 spiro atoms. The molecular formula is C37H53F3O. The molecule has 4 heteroatoms. The molecule has 0 bridgehead atoms. The Morgan fingerprint density at radius 1 is 0.707 bits per heavy atom. The predicted molar refractivity (Wildman–Crippen MR) is 164 cm³/mol. The van der Waals surface area contributed by atoms with Crippen LogP contribution in [0.1, 0.15) is 164 Å². The van der Waals surface area contributed by atoms with Crippen molar-refractivity contribution in [3.8, 4) is 0 Å². The third kappa shape index (κ3) is 9.09. The van der Waals surface area contributed by atoms with Crippen molar-refractivity contribution in [3.63, 3.8) is 0 Å². The molecule has 0 radical (unpaired) electrons. The van der Waals surface area contributed by atoms with Gasteiger partial charge in [0.2, 0.25) is 0 Å². The minimum atomic E-state index is -3.70. The van der Waals surface area contributed by atoms with Gasteiger partial charge in [-0.1, -0.05) is 95.5 Å². The lowest BCUT2D eigenvalue weighted by Gasteiger charge is -2.29. The maximum Gasteiger partial charge on any atom is 0.386 e. The Kier molecular flexibility index (Phi) is 12.2. The van der Waals surface area contributed by atoms with Crippen LogP contribution in [0.2, 0.25) is 0 Å². The van der Waals surface area contributed by atoms with Gasteiger partial charge in [0, 0.05) is 0 Å². The summed E-state index contributed by atoms with van der Waals surface area (Å²) in [7, 11) is 0. The van der Waals surface area contributed by atoms with E-state index in [9.17, 15) is 0 Å². The summed E-state index contributed by atoms with van der Waals surface area (Å²) in [5.41, 5.74) is 2.15. The van der Waals surface area contributed by atoms with Gasteiger partial charge < -0.3 is 4.74 Å². The van der Waals surface area contributed by atoms with Gasteiger partial charge in [-0.05, 0) is 111 Å². The van der Waals surface area contributed by atoms with Gasteiger partial charge in [0.1, 0.15) is 5.82 Å². The predicted octanol–water partition coefficient (Wildman–Crippen LogP) is 12.4. The van der Waals surface area contributed by atoms with Gasteiger partial charge >= 0.3 is 6.11 Å². The molecule has 2 aromatic carbocycles. The highest BCUT2D eigenvalue weighted by Crippen LogP contribution is 2.42. The minimum Gasteiger partial charge on any atom is -0.309 e. The van der Waals surface area contributed by atoms with E-state index in [-0.39, 0.29) is 5.92 Å². The zero-order chi connectivity index (χ0) is 29.2. The van der Waals surface area contributed by atoms with E-state index in [0.717, 1.165) is 43.1 Å². The summed E-state index contributed by atoms with van der Waals surface area (Å²) in [5, 5.41) is 0. The van der Waals surface area contributed by atoms with Crippen LogP contribution in [-0.4, -0.2) is 0 Å². The second-order valence-electron chi connectivity index (χ2n) is 13.1. The summed E-state index contributed by atoms with van der Waals surface area (Å²) in [4.78, 5) is 0. The van der Waals surface area contributed by atoms with Crippen LogP contribution < -0.4 is 0 Å². The van der Waals surface area contributed by atoms with Crippen molar-refractivity contribution in [2.24, 2.45) is 11.8 Å². The van der Waals surface area contributed by atoms with E-state index < -0.39 is 23.6 Å². The van der Waals surface area contributed by atoms with Crippen LogP contribution in [0.3, 0.4) is 0 Å². The molecule has 2 aliphatic rings. The molecule has 0 N–H and O–H groups in total. The molecule has 1 nitrogen and oxygen atoms in total. The number of hydrogen-bond donors (Lipinski definition) is 0. The fourth-order valence-corrected chi connectivity index (χ4v) is 7.35. The van der Waals surface area contributed by atoms with Crippen molar-refractivity contribution in [2.75, 3.05) is 0 Å². The van der Waals surface area contributed by atoms with Gasteiger partial charge in [0.05, 0.1) is 11.7 Å². The summed E-state index contributed by atoms with van der Waals surface area (Å²) >= 11 is 0. The smallest absolute Gasteiger partial charge is 0.309 e. The van der Waals surface area contributed by atoms with E-state index >= 15 is 13.2 Å². The highest BCUT2D eigenvalue weighted by molar-refractivity contribution is 5.30. The molecule has 0 heterocycles. The van der Waals surface area contributed by atoms with Gasteiger partial charge in [-0.3, -0.25) is 0 Å². The van der Waals surface area contributed by atoms with Crippen LogP contribution in [0, 0.1) is 17.7 Å². The van der Waals surface area contributed by atoms with E-state index in [1.165, 1.54) is 94.7 Å². The zero-order valence-corrected chi connectivity index (χ0v) is 25.8. The van der Waals surface area contributed by atoms with Crippen molar-refractivity contribution in [2.45, 2.75) is 148 Å². The van der Waals surface area contributed by atoms with E-state index in [4.69, 9.17) is 4.74 Å². The van der Waals surface area contributed by atoms with Crippen molar-refractivity contribution >= 4 is 0 Å². The van der Waals surface area contributed by atoms with Gasteiger partial charge in [-0.15, -0.1) is 0 Å². The first-order valence-corrected chi connectivity index (χ1v) is 16.8. The lowest BCUT2D eigenvalue weighted by atomic mass is 9.77. The van der Waals surface area contributed by atoms with Gasteiger partial charge in [-0.25, -0.2) is 4.39 Å². The third-order valence-corrected chi connectivity index (χ3v) is 10.1. The summed E-state index contributed by atoms with van der Waals surface area (Å²) in [6.45, 7) is 6.10. The summed E-state index contributed by atoms with van der Waals surface area (Å²) in [5.74, 6) is 1.55. The zero-order valence-electron chi connectivity index (χ0n) is 25.8. The summed E-state index contributed by atoms with van der Waals surface area (Å²) in [6, 6.07) is 12.2. The summed E-state index contributed by atoms with van der Waals surface area (Å²) < 4.78 is 50.6. The molecule has 0 aliphatic heterocycles. The van der Waals surface area contributed by atoms with Crippen molar-refractivity contribution < 1.29 is 17.9 Å². The molecule has 228 valence electrons. The van der Waals surface area contributed by atoms with E-state index in [2.05, 4.69) is 26.0 Å². The Morgan fingerprint density at radius 3 is 1.68 bits per heavy atom. The molecule has 0 amide bonds. The third-order valence-electron chi connectivity index (χ3n) is 10.1. The monoisotopic (exact) mass is 570 g/mol. The molecule has 0 saturated heterocycles. The Bertz CT molecular complexity index is 1030. The molecule has 41 heavy (non-hydrogen) atoms. The van der Waals surface area contributed by atoms with Crippen LogP contribution in [0.25, 0.3) is 0 Å². The fraction of sp³-hybridized carbons (Fsp3) is 0.676. The molecule has 0 aromatic heterocycles. The Morgan fingerprint density at radius 2 is 1.20 bits per heavy atom. The second kappa shape index (κ2) is 15.6. The first-order valence-electron chi connectivity index (χ1n) is 16.8. The van der Waals surface area contributed by atoms with Crippen LogP contribution >= 0.6 is 0 Å². The minimum absolute atomic E-state index is 0.254. The van der Waals surface area contributed by atoms with Crippen LogP contribution in [-0.2, 0) is 10.8 Å². The topological polar surface area (TPSA) is 9.23 Å². The maximum atomic E-state index is 15.2. The molecular weight excluding hydrogens is 517 g/mol. The maximum absolute atomic E-state index is 15.2. The highest BCUT2D eigenvalue weighted by atomic mass is 19.3. The molecule has 2 aliphatic carbocycles. The van der Waals surface area contributed by atoms with Crippen LogP contribution in [0.15, 0.2) is 42.5 Å². The SMILES string of the molecule is CCCCCC1CCC(c2ccc(C(C)OC(F)(F)c3ccc(C4CCC(CCCCC)CC4)cc3F)cc2)CC1. The number of benzene rings is 2. The Balaban J connectivity index is 1.29. The van der Waals surface area contributed by atoms with Crippen molar-refractivity contribution in [3.05, 3.63) is 70.5 Å². The number of halogens is 3.